The first-order valence-corrected chi connectivity index (χ1v) is 11.6. The Kier molecular flexibility index (Phi) is 5.30. The maximum atomic E-state index is 11.9. The van der Waals surface area contributed by atoms with Gasteiger partial charge in [-0.25, -0.2) is 4.98 Å². The molecule has 162 valence electrons. The second-order valence-corrected chi connectivity index (χ2v) is 9.47. The monoisotopic (exact) mass is 416 g/mol. The SMILES string of the molecule is CC(=O)N[C@@H](CCC12CCC(CC(n3c(C)nc4ccccc43)C1)N2)c1ccccc1. The Morgan fingerprint density at radius 1 is 1.23 bits per heavy atom. The van der Waals surface area contributed by atoms with Gasteiger partial charge in [-0.15, -0.1) is 0 Å². The molecular formula is C26H32N4O. The lowest BCUT2D eigenvalue weighted by Crippen LogP contribution is -2.50. The maximum absolute atomic E-state index is 11.9. The first-order valence-electron chi connectivity index (χ1n) is 11.6. The van der Waals surface area contributed by atoms with Crippen molar-refractivity contribution in [2.45, 2.75) is 76.0 Å². The summed E-state index contributed by atoms with van der Waals surface area (Å²) < 4.78 is 2.48. The highest BCUT2D eigenvalue weighted by molar-refractivity contribution is 5.76. The number of piperidine rings is 1. The van der Waals surface area contributed by atoms with Crippen LogP contribution in [0.4, 0.5) is 0 Å². The summed E-state index contributed by atoms with van der Waals surface area (Å²) in [6.45, 7) is 3.75. The van der Waals surface area contributed by atoms with E-state index in [1.807, 2.05) is 6.07 Å². The third-order valence-electron chi connectivity index (χ3n) is 7.29. The van der Waals surface area contributed by atoms with Crippen LogP contribution in [-0.4, -0.2) is 27.0 Å². The number of fused-ring (bicyclic) bond motifs is 3. The number of nitrogens with zero attached hydrogens (tertiary/aromatic N) is 2. The van der Waals surface area contributed by atoms with E-state index in [9.17, 15) is 4.79 Å². The standard InChI is InChI=1S/C26H32N4O/c1-18-27-24-10-6-7-11-25(24)30(18)22-16-21-12-14-26(17-22,29-21)15-13-23(28-19(2)31)20-8-4-3-5-9-20/h3-11,21-23,29H,12-17H2,1-2H3,(H,28,31)/t21?,22?,23-,26?/m0/s1. The Labute approximate surface area is 184 Å². The quantitative estimate of drug-likeness (QED) is 0.605. The van der Waals surface area contributed by atoms with Crippen LogP contribution in [0.15, 0.2) is 54.6 Å². The van der Waals surface area contributed by atoms with Crippen molar-refractivity contribution in [2.75, 3.05) is 0 Å². The topological polar surface area (TPSA) is 59.0 Å². The number of hydrogen-bond donors (Lipinski definition) is 2. The van der Waals surface area contributed by atoms with E-state index in [2.05, 4.69) is 70.7 Å². The minimum absolute atomic E-state index is 0.0330. The fourth-order valence-corrected chi connectivity index (χ4v) is 6.02. The second-order valence-electron chi connectivity index (χ2n) is 9.47. The van der Waals surface area contributed by atoms with Crippen molar-refractivity contribution in [1.29, 1.82) is 0 Å². The molecule has 2 aliphatic heterocycles. The van der Waals surface area contributed by atoms with Crippen LogP contribution in [0.25, 0.3) is 11.0 Å². The van der Waals surface area contributed by atoms with Crippen molar-refractivity contribution in [3.05, 3.63) is 66.0 Å². The summed E-state index contributed by atoms with van der Waals surface area (Å²) >= 11 is 0. The second kappa shape index (κ2) is 8.12. The Morgan fingerprint density at radius 3 is 2.81 bits per heavy atom. The van der Waals surface area contributed by atoms with E-state index in [1.54, 1.807) is 6.92 Å². The molecule has 2 saturated heterocycles. The minimum Gasteiger partial charge on any atom is -0.350 e. The summed E-state index contributed by atoms with van der Waals surface area (Å²) in [6.07, 6.45) is 6.73. The first-order chi connectivity index (χ1) is 15.0. The first kappa shape index (κ1) is 20.3. The molecule has 31 heavy (non-hydrogen) atoms. The molecule has 3 heterocycles. The number of aromatic nitrogens is 2. The van der Waals surface area contributed by atoms with Gasteiger partial charge in [-0.2, -0.15) is 0 Å². The Bertz CT molecular complexity index is 1080. The zero-order valence-electron chi connectivity index (χ0n) is 18.5. The predicted molar refractivity (Wildman–Crippen MR) is 124 cm³/mol. The third kappa shape index (κ3) is 3.99. The van der Waals surface area contributed by atoms with Crippen molar-refractivity contribution in [3.8, 4) is 0 Å². The molecule has 4 atom stereocenters. The summed E-state index contributed by atoms with van der Waals surface area (Å²) in [6, 6.07) is 20.0. The van der Waals surface area contributed by atoms with Gasteiger partial charge in [-0.1, -0.05) is 42.5 Å². The van der Waals surface area contributed by atoms with Crippen molar-refractivity contribution < 1.29 is 4.79 Å². The molecule has 1 amide bonds. The van der Waals surface area contributed by atoms with Gasteiger partial charge in [0.15, 0.2) is 0 Å². The average molecular weight is 417 g/mol. The summed E-state index contributed by atoms with van der Waals surface area (Å²) in [5.41, 5.74) is 3.67. The zero-order chi connectivity index (χ0) is 21.4. The van der Waals surface area contributed by atoms with Crippen molar-refractivity contribution in [1.82, 2.24) is 20.2 Å². The smallest absolute Gasteiger partial charge is 0.217 e. The van der Waals surface area contributed by atoms with Crippen LogP contribution in [0.5, 0.6) is 0 Å². The average Bonchev–Trinajstić information content (AvgIpc) is 3.26. The minimum atomic E-state index is 0.0330. The summed E-state index contributed by atoms with van der Waals surface area (Å²) in [7, 11) is 0. The van der Waals surface area contributed by atoms with Crippen LogP contribution in [-0.2, 0) is 4.79 Å². The molecule has 3 aromatic rings. The van der Waals surface area contributed by atoms with Crippen LogP contribution in [0.2, 0.25) is 0 Å². The van der Waals surface area contributed by atoms with Gasteiger partial charge in [-0.3, -0.25) is 4.79 Å². The van der Waals surface area contributed by atoms with Gasteiger partial charge < -0.3 is 15.2 Å². The van der Waals surface area contributed by atoms with E-state index in [-0.39, 0.29) is 17.5 Å². The van der Waals surface area contributed by atoms with Crippen LogP contribution in [0.3, 0.4) is 0 Å². The summed E-state index contributed by atoms with van der Waals surface area (Å²) in [5.74, 6) is 1.15. The van der Waals surface area contributed by atoms with E-state index in [1.165, 1.54) is 23.9 Å². The molecule has 5 nitrogen and oxygen atoms in total. The van der Waals surface area contributed by atoms with E-state index in [0.29, 0.717) is 12.1 Å². The molecule has 3 unspecified atom stereocenters. The fourth-order valence-electron chi connectivity index (χ4n) is 6.02. The van der Waals surface area contributed by atoms with E-state index in [0.717, 1.165) is 37.0 Å². The third-order valence-corrected chi connectivity index (χ3v) is 7.29. The molecule has 1 aromatic heterocycles. The molecule has 0 aliphatic carbocycles. The van der Waals surface area contributed by atoms with Gasteiger partial charge in [0.25, 0.3) is 0 Å². The number of carbonyl (C=O) groups excluding carboxylic acids is 1. The van der Waals surface area contributed by atoms with Gasteiger partial charge in [0.2, 0.25) is 5.91 Å². The van der Waals surface area contributed by atoms with E-state index in [4.69, 9.17) is 4.98 Å². The predicted octanol–water partition coefficient (Wildman–Crippen LogP) is 4.83. The highest BCUT2D eigenvalue weighted by Gasteiger charge is 2.46. The largest absolute Gasteiger partial charge is 0.350 e. The van der Waals surface area contributed by atoms with Gasteiger partial charge in [0, 0.05) is 24.5 Å². The number of rotatable bonds is 6. The molecule has 2 N–H and O–H groups in total. The number of para-hydroxylation sites is 2. The lowest BCUT2D eigenvalue weighted by Gasteiger charge is -2.41. The highest BCUT2D eigenvalue weighted by atomic mass is 16.1. The lowest BCUT2D eigenvalue weighted by atomic mass is 9.81. The number of imidazole rings is 1. The molecular weight excluding hydrogens is 384 g/mol. The summed E-state index contributed by atoms with van der Waals surface area (Å²) in [5, 5.41) is 7.16. The number of amides is 1. The fraction of sp³-hybridized carbons (Fsp3) is 0.462. The van der Waals surface area contributed by atoms with Gasteiger partial charge >= 0.3 is 0 Å². The van der Waals surface area contributed by atoms with E-state index < -0.39 is 0 Å². The Morgan fingerprint density at radius 2 is 2.00 bits per heavy atom. The molecule has 2 bridgehead atoms. The van der Waals surface area contributed by atoms with Gasteiger partial charge in [-0.05, 0) is 63.1 Å². The molecule has 2 aromatic carbocycles. The number of hydrogen-bond acceptors (Lipinski definition) is 3. The molecule has 2 aliphatic rings. The normalized spacial score (nSPS) is 26.1. The lowest BCUT2D eigenvalue weighted by molar-refractivity contribution is -0.119. The molecule has 2 fully saturated rings. The van der Waals surface area contributed by atoms with Crippen LogP contribution in [0, 0.1) is 6.92 Å². The number of benzene rings is 2. The summed E-state index contributed by atoms with van der Waals surface area (Å²) in [4.78, 5) is 16.7. The van der Waals surface area contributed by atoms with E-state index >= 15 is 0 Å². The van der Waals surface area contributed by atoms with Crippen LogP contribution >= 0.6 is 0 Å². The van der Waals surface area contributed by atoms with Crippen molar-refractivity contribution >= 4 is 16.9 Å². The number of aryl methyl sites for hydroxylation is 1. The molecule has 0 radical (unpaired) electrons. The number of nitrogens with one attached hydrogen (secondary N) is 2. The molecule has 5 rings (SSSR count). The molecule has 5 heteroatoms. The Balaban J connectivity index is 1.38. The van der Waals surface area contributed by atoms with Crippen molar-refractivity contribution in [2.24, 2.45) is 0 Å². The molecule has 0 saturated carbocycles. The zero-order valence-corrected chi connectivity index (χ0v) is 18.5. The Hall–Kier alpha value is -2.66. The van der Waals surface area contributed by atoms with Gasteiger partial charge in [0.05, 0.1) is 17.1 Å². The molecule has 0 spiro atoms. The number of carbonyl (C=O) groups is 1. The highest BCUT2D eigenvalue weighted by Crippen LogP contribution is 2.45. The maximum Gasteiger partial charge on any atom is 0.217 e. The van der Waals surface area contributed by atoms with Crippen molar-refractivity contribution in [3.63, 3.8) is 0 Å². The van der Waals surface area contributed by atoms with Crippen LogP contribution < -0.4 is 10.6 Å². The van der Waals surface area contributed by atoms with Gasteiger partial charge in [0.1, 0.15) is 5.82 Å². The van der Waals surface area contributed by atoms with Crippen LogP contribution in [0.1, 0.15) is 68.9 Å².